The van der Waals surface area contributed by atoms with E-state index in [9.17, 15) is 24.8 Å². The lowest BCUT2D eigenvalue weighted by atomic mass is 9.97. The van der Waals surface area contributed by atoms with Crippen LogP contribution in [0.3, 0.4) is 0 Å². The fourth-order valence-corrected chi connectivity index (χ4v) is 4.96. The number of nitriles is 1. The summed E-state index contributed by atoms with van der Waals surface area (Å²) in [6, 6.07) is 17.4. The first-order valence-corrected chi connectivity index (χ1v) is 14.4. The van der Waals surface area contributed by atoms with Crippen molar-refractivity contribution in [1.82, 2.24) is 9.88 Å². The van der Waals surface area contributed by atoms with Gasteiger partial charge in [-0.05, 0) is 81.8 Å². The molecule has 0 radical (unpaired) electrons. The first-order chi connectivity index (χ1) is 21.8. The molecule has 0 spiro atoms. The molecule has 0 aliphatic carbocycles. The molecule has 2 aromatic carbocycles. The Hall–Kier alpha value is -5.38. The Morgan fingerprint density at radius 3 is 2.48 bits per heavy atom. The number of benzene rings is 2. The second kappa shape index (κ2) is 14.2. The maximum atomic E-state index is 13.2. The maximum absolute atomic E-state index is 13.2. The standard InChI is InChI=1S/C33H32ClN5O7/c1-19(39(32(42)43)33(2,3)4)30(40)36-22-9-6-8-20(14-22)24-16-26(23-12-11-21(34)15-28(23)46-18-44-5)37-29(25(24)17-35)38-31(41)27-10-7-13-45-27/h6-16,19H,18H2,1-5H3,(H,36,40)(H,42,43)(H,37,38,41)/t19-/m0/s1. The summed E-state index contributed by atoms with van der Waals surface area (Å²) in [5, 5.41) is 25.9. The second-order valence-corrected chi connectivity index (χ2v) is 11.5. The normalized spacial score (nSPS) is 11.7. The van der Waals surface area contributed by atoms with E-state index in [2.05, 4.69) is 21.7 Å². The molecule has 0 aliphatic rings. The van der Waals surface area contributed by atoms with E-state index in [0.717, 1.165) is 4.90 Å². The number of amides is 3. The third-order valence-electron chi connectivity index (χ3n) is 6.80. The van der Waals surface area contributed by atoms with Gasteiger partial charge >= 0.3 is 6.09 Å². The SMILES string of the molecule is COCOc1cc(Cl)ccc1-c1cc(-c2cccc(NC(=O)[C@H](C)N(C(=O)O)C(C)(C)C)c2)c(C#N)c(NC(=O)c2ccco2)n1. The van der Waals surface area contributed by atoms with Crippen molar-refractivity contribution < 1.29 is 33.4 Å². The van der Waals surface area contributed by atoms with Gasteiger partial charge in [-0.1, -0.05) is 23.7 Å². The van der Waals surface area contributed by atoms with Gasteiger partial charge in [-0.25, -0.2) is 9.78 Å². The summed E-state index contributed by atoms with van der Waals surface area (Å²) >= 11 is 6.24. The Kier molecular flexibility index (Phi) is 10.3. The number of hydrogen-bond donors (Lipinski definition) is 3. The zero-order valence-electron chi connectivity index (χ0n) is 25.8. The molecule has 0 saturated carbocycles. The number of carboxylic acid groups (broad SMARTS) is 1. The average molecular weight is 646 g/mol. The third-order valence-corrected chi connectivity index (χ3v) is 7.03. The monoisotopic (exact) mass is 645 g/mol. The van der Waals surface area contributed by atoms with E-state index in [4.69, 9.17) is 25.5 Å². The van der Waals surface area contributed by atoms with Crippen LogP contribution >= 0.6 is 11.6 Å². The number of aromatic nitrogens is 1. The van der Waals surface area contributed by atoms with E-state index >= 15 is 0 Å². The van der Waals surface area contributed by atoms with E-state index in [0.29, 0.717) is 38.8 Å². The minimum atomic E-state index is -1.23. The quantitative estimate of drug-likeness (QED) is 0.156. The van der Waals surface area contributed by atoms with Gasteiger partial charge in [0.15, 0.2) is 18.4 Å². The highest BCUT2D eigenvalue weighted by atomic mass is 35.5. The van der Waals surface area contributed by atoms with Crippen molar-refractivity contribution in [2.45, 2.75) is 39.3 Å². The van der Waals surface area contributed by atoms with E-state index < -0.39 is 29.5 Å². The van der Waals surface area contributed by atoms with E-state index in [1.54, 1.807) is 75.4 Å². The smallest absolute Gasteiger partial charge is 0.408 e. The molecular weight excluding hydrogens is 614 g/mol. The average Bonchev–Trinajstić information content (AvgIpc) is 3.54. The largest absolute Gasteiger partial charge is 0.467 e. The number of carbonyl (C=O) groups excluding carboxylic acids is 2. The zero-order valence-corrected chi connectivity index (χ0v) is 26.5. The lowest BCUT2D eigenvalue weighted by molar-refractivity contribution is -0.121. The molecule has 0 unspecified atom stereocenters. The Balaban J connectivity index is 1.82. The number of nitrogens with zero attached hydrogens (tertiary/aromatic N) is 3. The van der Waals surface area contributed by atoms with Crippen LogP contribution in [0.1, 0.15) is 43.8 Å². The number of ether oxygens (including phenoxy) is 2. The number of anilines is 2. The Morgan fingerprint density at radius 1 is 1.09 bits per heavy atom. The molecule has 13 heteroatoms. The summed E-state index contributed by atoms with van der Waals surface area (Å²) in [6.07, 6.45) is 0.118. The lowest BCUT2D eigenvalue weighted by Gasteiger charge is -2.37. The van der Waals surface area contributed by atoms with Crippen molar-refractivity contribution in [2.75, 3.05) is 24.5 Å². The van der Waals surface area contributed by atoms with Crippen LogP contribution in [0.15, 0.2) is 71.3 Å². The van der Waals surface area contributed by atoms with Gasteiger partial charge in [-0.15, -0.1) is 0 Å². The van der Waals surface area contributed by atoms with Crippen molar-refractivity contribution in [1.29, 1.82) is 5.26 Å². The number of carbonyl (C=O) groups is 3. The highest BCUT2D eigenvalue weighted by Gasteiger charge is 2.34. The Labute approximate surface area is 270 Å². The molecule has 4 rings (SSSR count). The van der Waals surface area contributed by atoms with Gasteiger partial charge in [0.25, 0.3) is 5.91 Å². The lowest BCUT2D eigenvalue weighted by Crippen LogP contribution is -2.54. The Morgan fingerprint density at radius 2 is 1.85 bits per heavy atom. The second-order valence-electron chi connectivity index (χ2n) is 11.1. The number of methoxy groups -OCH3 is 1. The number of nitrogens with one attached hydrogen (secondary N) is 2. The first kappa shape index (κ1) is 33.5. The van der Waals surface area contributed by atoms with Crippen LogP contribution in [0, 0.1) is 11.3 Å². The number of halogens is 1. The van der Waals surface area contributed by atoms with Crippen LogP contribution in [-0.2, 0) is 9.53 Å². The van der Waals surface area contributed by atoms with Gasteiger partial charge in [0.05, 0.1) is 12.0 Å². The summed E-state index contributed by atoms with van der Waals surface area (Å²) < 4.78 is 16.0. The predicted molar refractivity (Wildman–Crippen MR) is 172 cm³/mol. The molecule has 2 heterocycles. The fraction of sp³-hybridized carbons (Fsp3) is 0.242. The van der Waals surface area contributed by atoms with Crippen LogP contribution in [0.25, 0.3) is 22.4 Å². The molecule has 3 N–H and O–H groups in total. The first-order valence-electron chi connectivity index (χ1n) is 14.0. The molecule has 2 aromatic heterocycles. The minimum absolute atomic E-state index is 0.0118. The summed E-state index contributed by atoms with van der Waals surface area (Å²) in [6.45, 7) is 6.53. The van der Waals surface area contributed by atoms with Gasteiger partial charge in [0.1, 0.15) is 23.4 Å². The number of furan rings is 1. The van der Waals surface area contributed by atoms with Gasteiger partial charge in [-0.2, -0.15) is 5.26 Å². The van der Waals surface area contributed by atoms with Gasteiger partial charge in [-0.3, -0.25) is 14.5 Å². The third kappa shape index (κ3) is 7.63. The van der Waals surface area contributed by atoms with Crippen molar-refractivity contribution >= 4 is 41.0 Å². The van der Waals surface area contributed by atoms with Crippen LogP contribution in [0.4, 0.5) is 16.3 Å². The summed E-state index contributed by atoms with van der Waals surface area (Å²) in [7, 11) is 1.47. The number of rotatable bonds is 10. The van der Waals surface area contributed by atoms with E-state index in [1.165, 1.54) is 26.4 Å². The molecule has 0 bridgehead atoms. The van der Waals surface area contributed by atoms with Gasteiger partial charge in [0, 0.05) is 34.5 Å². The molecule has 4 aromatic rings. The Bertz CT molecular complexity index is 1800. The minimum Gasteiger partial charge on any atom is -0.467 e. The fourth-order valence-electron chi connectivity index (χ4n) is 4.80. The zero-order chi connectivity index (χ0) is 33.6. The molecule has 0 aliphatic heterocycles. The van der Waals surface area contributed by atoms with E-state index in [-0.39, 0.29) is 23.9 Å². The number of pyridine rings is 1. The van der Waals surface area contributed by atoms with Crippen molar-refractivity contribution in [3.63, 3.8) is 0 Å². The van der Waals surface area contributed by atoms with Gasteiger partial charge < -0.3 is 29.6 Å². The topological polar surface area (TPSA) is 167 Å². The van der Waals surface area contributed by atoms with Crippen molar-refractivity contribution in [3.05, 3.63) is 83.3 Å². The van der Waals surface area contributed by atoms with Crippen LogP contribution in [0.5, 0.6) is 5.75 Å². The highest BCUT2D eigenvalue weighted by Crippen LogP contribution is 2.38. The van der Waals surface area contributed by atoms with Crippen molar-refractivity contribution in [2.24, 2.45) is 0 Å². The van der Waals surface area contributed by atoms with Crippen LogP contribution < -0.4 is 15.4 Å². The molecular formula is C33H32ClN5O7. The van der Waals surface area contributed by atoms with Gasteiger partial charge in [0.2, 0.25) is 5.91 Å². The number of hydrogen-bond acceptors (Lipinski definition) is 8. The van der Waals surface area contributed by atoms with Crippen LogP contribution in [0.2, 0.25) is 5.02 Å². The maximum Gasteiger partial charge on any atom is 0.408 e. The molecule has 46 heavy (non-hydrogen) atoms. The summed E-state index contributed by atoms with van der Waals surface area (Å²) in [4.78, 5) is 43.8. The molecule has 3 amide bonds. The molecule has 238 valence electrons. The van der Waals surface area contributed by atoms with E-state index in [1.807, 2.05) is 0 Å². The van der Waals surface area contributed by atoms with Crippen molar-refractivity contribution in [3.8, 4) is 34.2 Å². The highest BCUT2D eigenvalue weighted by molar-refractivity contribution is 6.30. The molecule has 0 saturated heterocycles. The molecule has 0 fully saturated rings. The molecule has 1 atom stereocenters. The molecule has 12 nitrogen and oxygen atoms in total. The predicted octanol–water partition coefficient (Wildman–Crippen LogP) is 6.87. The summed E-state index contributed by atoms with van der Waals surface area (Å²) in [5.41, 5.74) is 1.26. The van der Waals surface area contributed by atoms with Crippen LogP contribution in [-0.4, -0.2) is 58.4 Å². The summed E-state index contributed by atoms with van der Waals surface area (Å²) in [5.74, 6) is -0.858.